The minimum Gasteiger partial charge on any atom is -0.392 e. The van der Waals surface area contributed by atoms with Gasteiger partial charge in [0.05, 0.1) is 23.7 Å². The van der Waals surface area contributed by atoms with E-state index in [2.05, 4.69) is 25.2 Å². The zero-order valence-corrected chi connectivity index (χ0v) is 29.1. The second-order valence-electron chi connectivity index (χ2n) is 12.1. The van der Waals surface area contributed by atoms with Gasteiger partial charge in [0.25, 0.3) is 0 Å². The molecule has 1 aromatic heterocycles. The maximum atomic E-state index is 13.5. The molecule has 260 valence electrons. The predicted molar refractivity (Wildman–Crippen MR) is 189 cm³/mol. The number of ether oxygens (including phenoxy) is 2. The molecule has 1 aliphatic heterocycles. The summed E-state index contributed by atoms with van der Waals surface area (Å²) in [5.41, 5.74) is 5.23. The average molecular weight is 714 g/mol. The van der Waals surface area contributed by atoms with Gasteiger partial charge in [-0.3, -0.25) is 9.89 Å². The molecule has 1 aliphatic rings. The van der Waals surface area contributed by atoms with E-state index in [4.69, 9.17) is 9.47 Å². The standard InChI is InChI=1S/C37H39N5O6S2/c1-25-7-17-32(18-8-25)50(45,46)42-33(19-26-5-3-2-4-6-26)35(44)38-21-27-9-15-30(16-10-27)36-47-31(23-49-37-39-24-40-41-37)20-34(48-36)29-13-11-28(22-43)12-14-29/h2-18,24,31,33-34,36,42-43H,19-23H2,1H3,(H,38,44)(H,39,40,41)/t31-,33+,34+,36?/m0/s1. The summed E-state index contributed by atoms with van der Waals surface area (Å²) in [6.45, 7) is 2.04. The Bertz CT molecular complexity index is 1930. The molecule has 2 heterocycles. The molecule has 11 nitrogen and oxygen atoms in total. The molecule has 0 saturated carbocycles. The van der Waals surface area contributed by atoms with E-state index in [1.54, 1.807) is 12.1 Å². The van der Waals surface area contributed by atoms with E-state index in [9.17, 15) is 18.3 Å². The lowest BCUT2D eigenvalue weighted by molar-refractivity contribution is -0.245. The van der Waals surface area contributed by atoms with Crippen LogP contribution in [0.2, 0.25) is 0 Å². The fourth-order valence-corrected chi connectivity index (χ4v) is 7.57. The molecule has 0 bridgehead atoms. The van der Waals surface area contributed by atoms with Crippen LogP contribution in [0.15, 0.2) is 120 Å². The van der Waals surface area contributed by atoms with Crippen LogP contribution in [0, 0.1) is 6.92 Å². The number of carbonyl (C=O) groups excluding carboxylic acids is 1. The number of carbonyl (C=O) groups is 1. The molecule has 0 radical (unpaired) electrons. The second kappa shape index (κ2) is 16.6. The first-order chi connectivity index (χ1) is 24.3. The zero-order valence-electron chi connectivity index (χ0n) is 27.4. The Kier molecular flexibility index (Phi) is 11.7. The molecular weight excluding hydrogens is 675 g/mol. The van der Waals surface area contributed by atoms with Crippen LogP contribution in [0.25, 0.3) is 0 Å². The minimum absolute atomic E-state index is 0.0302. The molecule has 1 fully saturated rings. The normalized spacial score (nSPS) is 18.4. The lowest BCUT2D eigenvalue weighted by Crippen LogP contribution is -2.47. The number of H-pyrrole nitrogens is 1. The molecule has 1 saturated heterocycles. The van der Waals surface area contributed by atoms with Crippen LogP contribution in [-0.4, -0.2) is 52.5 Å². The van der Waals surface area contributed by atoms with Gasteiger partial charge < -0.3 is 19.9 Å². The van der Waals surface area contributed by atoms with Crippen molar-refractivity contribution in [1.82, 2.24) is 25.2 Å². The largest absolute Gasteiger partial charge is 0.392 e. The van der Waals surface area contributed by atoms with Crippen LogP contribution in [0.4, 0.5) is 0 Å². The van der Waals surface area contributed by atoms with E-state index in [0.717, 1.165) is 33.4 Å². The first-order valence-electron chi connectivity index (χ1n) is 16.2. The fourth-order valence-electron chi connectivity index (χ4n) is 5.57. The van der Waals surface area contributed by atoms with Crippen molar-refractivity contribution in [3.05, 3.63) is 143 Å². The summed E-state index contributed by atoms with van der Waals surface area (Å²) < 4.78 is 42.0. The highest BCUT2D eigenvalue weighted by Crippen LogP contribution is 2.39. The molecule has 5 aromatic rings. The highest BCUT2D eigenvalue weighted by molar-refractivity contribution is 7.99. The van der Waals surface area contributed by atoms with Crippen LogP contribution in [0.5, 0.6) is 0 Å². The molecule has 13 heteroatoms. The number of nitrogens with zero attached hydrogens (tertiary/aromatic N) is 2. The van der Waals surface area contributed by atoms with Gasteiger partial charge in [-0.1, -0.05) is 108 Å². The Hall–Kier alpha value is -4.37. The van der Waals surface area contributed by atoms with Crippen LogP contribution in [0.3, 0.4) is 0 Å². The monoisotopic (exact) mass is 713 g/mol. The quantitative estimate of drug-likeness (QED) is 0.114. The number of aliphatic hydroxyl groups is 1. The topological polar surface area (TPSA) is 156 Å². The van der Waals surface area contributed by atoms with Gasteiger partial charge in [-0.05, 0) is 47.7 Å². The van der Waals surface area contributed by atoms with E-state index in [-0.39, 0.29) is 36.7 Å². The number of nitrogens with one attached hydrogen (secondary N) is 3. The molecule has 4 atom stereocenters. The lowest BCUT2D eigenvalue weighted by Gasteiger charge is -2.36. The minimum atomic E-state index is -3.95. The summed E-state index contributed by atoms with van der Waals surface area (Å²) in [5.74, 6) is 0.206. The third-order valence-electron chi connectivity index (χ3n) is 8.36. The number of aromatic amines is 1. The van der Waals surface area contributed by atoms with Crippen molar-refractivity contribution in [2.45, 2.75) is 67.5 Å². The van der Waals surface area contributed by atoms with Gasteiger partial charge in [-0.15, -0.1) is 0 Å². The number of benzene rings is 4. The number of rotatable bonds is 14. The van der Waals surface area contributed by atoms with Crippen molar-refractivity contribution >= 4 is 27.7 Å². The number of aromatic nitrogens is 3. The molecule has 1 amide bonds. The lowest BCUT2D eigenvalue weighted by atomic mass is 10.0. The summed E-state index contributed by atoms with van der Waals surface area (Å²) in [6.07, 6.45) is 1.28. The molecule has 0 spiro atoms. The van der Waals surface area contributed by atoms with Crippen molar-refractivity contribution < 1.29 is 27.8 Å². The second-order valence-corrected chi connectivity index (χ2v) is 14.8. The first-order valence-corrected chi connectivity index (χ1v) is 18.7. The number of amides is 1. The van der Waals surface area contributed by atoms with Gasteiger partial charge in [0, 0.05) is 24.3 Å². The summed E-state index contributed by atoms with van der Waals surface area (Å²) in [6, 6.07) is 30.1. The number of aryl methyl sites for hydroxylation is 1. The van der Waals surface area contributed by atoms with E-state index >= 15 is 0 Å². The first kappa shape index (κ1) is 35.5. The van der Waals surface area contributed by atoms with Crippen molar-refractivity contribution in [3.8, 4) is 0 Å². The molecule has 4 aromatic carbocycles. The van der Waals surface area contributed by atoms with Gasteiger partial charge in [-0.2, -0.15) is 9.82 Å². The molecule has 1 unspecified atom stereocenters. The van der Waals surface area contributed by atoms with Crippen molar-refractivity contribution in [2.24, 2.45) is 0 Å². The number of sulfonamides is 1. The Balaban J connectivity index is 1.13. The fraction of sp³-hybridized carbons (Fsp3) is 0.270. The van der Waals surface area contributed by atoms with Gasteiger partial charge in [0.1, 0.15) is 12.4 Å². The SMILES string of the molecule is Cc1ccc(S(=O)(=O)N[C@H](Cc2ccccc2)C(=O)NCc2ccc(C3O[C@H](CSc4ncn[nH]4)C[C@H](c4ccc(CO)cc4)O3)cc2)cc1. The Morgan fingerprint density at radius 3 is 2.30 bits per heavy atom. The molecule has 4 N–H and O–H groups in total. The van der Waals surface area contributed by atoms with Crippen molar-refractivity contribution in [3.63, 3.8) is 0 Å². The Morgan fingerprint density at radius 2 is 1.62 bits per heavy atom. The summed E-state index contributed by atoms with van der Waals surface area (Å²) in [5, 5.41) is 19.9. The van der Waals surface area contributed by atoms with Crippen molar-refractivity contribution in [1.29, 1.82) is 0 Å². The van der Waals surface area contributed by atoms with E-state index in [1.807, 2.05) is 85.8 Å². The molecular formula is C37H39N5O6S2. The van der Waals surface area contributed by atoms with Crippen molar-refractivity contribution in [2.75, 3.05) is 5.75 Å². The highest BCUT2D eigenvalue weighted by atomic mass is 32.2. The molecule has 0 aliphatic carbocycles. The van der Waals surface area contributed by atoms with E-state index in [0.29, 0.717) is 17.3 Å². The summed E-state index contributed by atoms with van der Waals surface area (Å²) in [4.78, 5) is 17.8. The maximum absolute atomic E-state index is 13.5. The van der Waals surface area contributed by atoms with E-state index < -0.39 is 28.3 Å². The molecule has 6 rings (SSSR count). The van der Waals surface area contributed by atoms with Crippen LogP contribution in [-0.2, 0) is 43.9 Å². The maximum Gasteiger partial charge on any atom is 0.241 e. The third kappa shape index (κ3) is 9.44. The number of aliphatic hydroxyl groups excluding tert-OH is 1. The number of hydrogen-bond acceptors (Lipinski definition) is 9. The highest BCUT2D eigenvalue weighted by Gasteiger charge is 2.32. The number of hydrogen-bond donors (Lipinski definition) is 4. The van der Waals surface area contributed by atoms with Crippen LogP contribution >= 0.6 is 11.8 Å². The third-order valence-corrected chi connectivity index (χ3v) is 10.9. The van der Waals surface area contributed by atoms with Gasteiger partial charge >= 0.3 is 0 Å². The smallest absolute Gasteiger partial charge is 0.241 e. The summed E-state index contributed by atoms with van der Waals surface area (Å²) in [7, 11) is -3.95. The van der Waals surface area contributed by atoms with Gasteiger partial charge in [-0.25, -0.2) is 13.4 Å². The van der Waals surface area contributed by atoms with Crippen LogP contribution < -0.4 is 10.0 Å². The Morgan fingerprint density at radius 1 is 0.920 bits per heavy atom. The van der Waals surface area contributed by atoms with Gasteiger partial charge in [0.15, 0.2) is 11.4 Å². The Labute approximate surface area is 295 Å². The average Bonchev–Trinajstić information content (AvgIpc) is 3.67. The zero-order chi connectivity index (χ0) is 34.9. The molecule has 50 heavy (non-hydrogen) atoms. The summed E-state index contributed by atoms with van der Waals surface area (Å²) >= 11 is 1.53. The van der Waals surface area contributed by atoms with E-state index in [1.165, 1.54) is 30.2 Å². The van der Waals surface area contributed by atoms with Gasteiger partial charge in [0.2, 0.25) is 15.9 Å². The number of thioether (sulfide) groups is 1. The van der Waals surface area contributed by atoms with Crippen LogP contribution in [0.1, 0.15) is 52.2 Å². The predicted octanol–water partition coefficient (Wildman–Crippen LogP) is 5.15.